The molecule has 0 radical (unpaired) electrons. The van der Waals surface area contributed by atoms with E-state index in [4.69, 9.17) is 9.47 Å². The predicted molar refractivity (Wildman–Crippen MR) is 96.4 cm³/mol. The van der Waals surface area contributed by atoms with Crippen molar-refractivity contribution in [1.29, 1.82) is 0 Å². The summed E-state index contributed by atoms with van der Waals surface area (Å²) in [5, 5.41) is 6.62. The molecule has 0 atom stereocenters. The molecular weight excluding hydrogens is 316 g/mol. The molecule has 1 aliphatic rings. The first kappa shape index (κ1) is 15.3. The maximum atomic E-state index is 5.40. The van der Waals surface area contributed by atoms with Crippen LogP contribution in [-0.2, 0) is 6.54 Å². The van der Waals surface area contributed by atoms with Crippen molar-refractivity contribution in [3.05, 3.63) is 66.0 Å². The van der Waals surface area contributed by atoms with Gasteiger partial charge in [-0.1, -0.05) is 30.3 Å². The van der Waals surface area contributed by atoms with Gasteiger partial charge in [-0.15, -0.1) is 0 Å². The fraction of sp³-hybridized carbons (Fsp3) is 0.158. The van der Waals surface area contributed by atoms with Gasteiger partial charge in [0.05, 0.1) is 0 Å². The second kappa shape index (κ2) is 6.68. The van der Waals surface area contributed by atoms with Crippen molar-refractivity contribution in [3.8, 4) is 11.5 Å². The topological polar surface area (TPSA) is 68.3 Å². The number of anilines is 3. The van der Waals surface area contributed by atoms with Gasteiger partial charge in [0, 0.05) is 24.4 Å². The molecule has 0 saturated carbocycles. The number of fused-ring (bicyclic) bond motifs is 1. The molecule has 0 amide bonds. The Kier molecular flexibility index (Phi) is 4.08. The summed E-state index contributed by atoms with van der Waals surface area (Å²) in [4.78, 5) is 8.88. The van der Waals surface area contributed by atoms with E-state index in [0.717, 1.165) is 28.8 Å². The number of rotatable bonds is 5. The van der Waals surface area contributed by atoms with Crippen molar-refractivity contribution < 1.29 is 9.47 Å². The van der Waals surface area contributed by atoms with Gasteiger partial charge < -0.3 is 20.1 Å². The third-order valence-electron chi connectivity index (χ3n) is 3.80. The molecule has 2 heterocycles. The Morgan fingerprint density at radius 1 is 0.920 bits per heavy atom. The molecule has 0 bridgehead atoms. The predicted octanol–water partition coefficient (Wildman–Crippen LogP) is 3.87. The van der Waals surface area contributed by atoms with E-state index < -0.39 is 0 Å². The van der Waals surface area contributed by atoms with Gasteiger partial charge >= 0.3 is 0 Å². The molecule has 0 spiro atoms. The van der Waals surface area contributed by atoms with E-state index in [0.29, 0.717) is 12.4 Å². The maximum absolute atomic E-state index is 5.40. The Balaban J connectivity index is 1.49. The minimum atomic E-state index is 0.263. The largest absolute Gasteiger partial charge is 0.454 e. The van der Waals surface area contributed by atoms with Gasteiger partial charge in [0.25, 0.3) is 0 Å². The van der Waals surface area contributed by atoms with E-state index >= 15 is 0 Å². The quantitative estimate of drug-likeness (QED) is 0.738. The number of hydrogen-bond donors (Lipinski definition) is 2. The van der Waals surface area contributed by atoms with E-state index in [2.05, 4.69) is 32.7 Å². The van der Waals surface area contributed by atoms with Crippen molar-refractivity contribution in [2.24, 2.45) is 0 Å². The van der Waals surface area contributed by atoms with Crippen LogP contribution in [0.5, 0.6) is 11.5 Å². The monoisotopic (exact) mass is 334 g/mol. The van der Waals surface area contributed by atoms with Crippen LogP contribution >= 0.6 is 0 Å². The highest BCUT2D eigenvalue weighted by Gasteiger charge is 2.13. The van der Waals surface area contributed by atoms with Crippen LogP contribution in [0.15, 0.2) is 54.6 Å². The molecule has 6 nitrogen and oxygen atoms in total. The molecule has 126 valence electrons. The lowest BCUT2D eigenvalue weighted by Crippen LogP contribution is -2.05. The fourth-order valence-corrected chi connectivity index (χ4v) is 2.63. The van der Waals surface area contributed by atoms with Gasteiger partial charge in [-0.3, -0.25) is 0 Å². The van der Waals surface area contributed by atoms with Crippen LogP contribution in [0.4, 0.5) is 17.3 Å². The lowest BCUT2D eigenvalue weighted by atomic mass is 10.2. The van der Waals surface area contributed by atoms with Crippen LogP contribution in [0, 0.1) is 6.92 Å². The van der Waals surface area contributed by atoms with E-state index in [1.54, 1.807) is 0 Å². The summed E-state index contributed by atoms with van der Waals surface area (Å²) in [6, 6.07) is 17.8. The number of nitrogens with one attached hydrogen (secondary N) is 2. The maximum Gasteiger partial charge on any atom is 0.231 e. The highest BCUT2D eigenvalue weighted by atomic mass is 16.7. The van der Waals surface area contributed by atoms with Gasteiger partial charge in [-0.2, -0.15) is 0 Å². The van der Waals surface area contributed by atoms with E-state index in [1.807, 2.05) is 49.4 Å². The number of aromatic nitrogens is 2. The molecule has 2 aromatic carbocycles. The van der Waals surface area contributed by atoms with Gasteiger partial charge in [0.1, 0.15) is 17.5 Å². The normalized spacial score (nSPS) is 12.0. The third-order valence-corrected chi connectivity index (χ3v) is 3.80. The molecule has 1 aromatic heterocycles. The zero-order valence-corrected chi connectivity index (χ0v) is 13.8. The van der Waals surface area contributed by atoms with Crippen molar-refractivity contribution in [2.45, 2.75) is 13.5 Å². The molecule has 3 aromatic rings. The van der Waals surface area contributed by atoms with Crippen LogP contribution in [0.1, 0.15) is 11.4 Å². The van der Waals surface area contributed by atoms with E-state index in [9.17, 15) is 0 Å². The molecule has 6 heteroatoms. The lowest BCUT2D eigenvalue weighted by Gasteiger charge is -2.11. The second-order valence-corrected chi connectivity index (χ2v) is 5.72. The average molecular weight is 334 g/mol. The summed E-state index contributed by atoms with van der Waals surface area (Å²) < 4.78 is 10.7. The molecular formula is C19H18N4O2. The number of ether oxygens (including phenoxy) is 2. The Labute approximate surface area is 145 Å². The number of aryl methyl sites for hydroxylation is 1. The molecule has 1 aliphatic heterocycles. The summed E-state index contributed by atoms with van der Waals surface area (Å²) >= 11 is 0. The Bertz CT molecular complexity index is 884. The van der Waals surface area contributed by atoms with E-state index in [1.165, 1.54) is 5.56 Å². The summed E-state index contributed by atoms with van der Waals surface area (Å²) in [7, 11) is 0. The van der Waals surface area contributed by atoms with Crippen molar-refractivity contribution >= 4 is 17.3 Å². The zero-order valence-electron chi connectivity index (χ0n) is 13.8. The highest BCUT2D eigenvalue weighted by molar-refractivity contribution is 5.63. The van der Waals surface area contributed by atoms with Crippen molar-refractivity contribution in [1.82, 2.24) is 9.97 Å². The van der Waals surface area contributed by atoms with Crippen LogP contribution < -0.4 is 20.1 Å². The molecule has 0 unspecified atom stereocenters. The van der Waals surface area contributed by atoms with Gasteiger partial charge in [0.2, 0.25) is 6.79 Å². The molecule has 25 heavy (non-hydrogen) atoms. The third kappa shape index (κ3) is 3.63. The number of hydrogen-bond acceptors (Lipinski definition) is 6. The minimum absolute atomic E-state index is 0.263. The van der Waals surface area contributed by atoms with Crippen LogP contribution in [0.3, 0.4) is 0 Å². The second-order valence-electron chi connectivity index (χ2n) is 5.72. The first-order valence-electron chi connectivity index (χ1n) is 8.06. The lowest BCUT2D eigenvalue weighted by molar-refractivity contribution is 0.174. The standard InChI is InChI=1S/C19H18N4O2/c1-13-21-18(20-11-14-5-3-2-4-6-14)10-19(22-13)23-15-7-8-16-17(9-15)25-12-24-16/h2-10H,11-12H2,1H3,(H2,20,21,22,23). The summed E-state index contributed by atoms with van der Waals surface area (Å²) in [6.07, 6.45) is 0. The van der Waals surface area contributed by atoms with Crippen molar-refractivity contribution in [3.63, 3.8) is 0 Å². The van der Waals surface area contributed by atoms with Crippen molar-refractivity contribution in [2.75, 3.05) is 17.4 Å². The van der Waals surface area contributed by atoms with Gasteiger partial charge in [-0.05, 0) is 24.6 Å². The Morgan fingerprint density at radius 2 is 1.72 bits per heavy atom. The molecule has 0 saturated heterocycles. The summed E-state index contributed by atoms with van der Waals surface area (Å²) in [6.45, 7) is 2.85. The van der Waals surface area contributed by atoms with Gasteiger partial charge in [-0.25, -0.2) is 9.97 Å². The van der Waals surface area contributed by atoms with Crippen LogP contribution in [0.25, 0.3) is 0 Å². The SMILES string of the molecule is Cc1nc(NCc2ccccc2)cc(Nc2ccc3c(c2)OCO3)n1. The Hall–Kier alpha value is -3.28. The zero-order chi connectivity index (χ0) is 17.1. The van der Waals surface area contributed by atoms with Gasteiger partial charge in [0.15, 0.2) is 11.5 Å². The molecule has 0 aliphatic carbocycles. The molecule has 4 rings (SSSR count). The highest BCUT2D eigenvalue weighted by Crippen LogP contribution is 2.35. The average Bonchev–Trinajstić information content (AvgIpc) is 3.08. The number of benzene rings is 2. The fourth-order valence-electron chi connectivity index (χ4n) is 2.63. The summed E-state index contributed by atoms with van der Waals surface area (Å²) in [5.74, 6) is 3.69. The Morgan fingerprint density at radius 3 is 2.60 bits per heavy atom. The van der Waals surface area contributed by atoms with Crippen LogP contribution in [-0.4, -0.2) is 16.8 Å². The molecule has 2 N–H and O–H groups in total. The minimum Gasteiger partial charge on any atom is -0.454 e. The number of nitrogens with zero attached hydrogens (tertiary/aromatic N) is 2. The first-order chi connectivity index (χ1) is 12.3. The van der Waals surface area contributed by atoms with Crippen LogP contribution in [0.2, 0.25) is 0 Å². The van der Waals surface area contributed by atoms with E-state index in [-0.39, 0.29) is 6.79 Å². The first-order valence-corrected chi connectivity index (χ1v) is 8.06. The summed E-state index contributed by atoms with van der Waals surface area (Å²) in [5.41, 5.74) is 2.08. The smallest absolute Gasteiger partial charge is 0.231 e. The molecule has 0 fully saturated rings.